The molecule has 0 aromatic heterocycles. The average molecular weight is 370 g/mol. The van der Waals surface area contributed by atoms with Crippen LogP contribution in [0.15, 0.2) is 36.4 Å². The fourth-order valence-corrected chi connectivity index (χ4v) is 3.34. The molecule has 0 bridgehead atoms. The van der Waals surface area contributed by atoms with Crippen molar-refractivity contribution < 1.29 is 19.1 Å². The fourth-order valence-electron chi connectivity index (χ4n) is 3.34. The quantitative estimate of drug-likeness (QED) is 0.840. The maximum atomic E-state index is 12.2. The zero-order valence-electron chi connectivity index (χ0n) is 15.8. The lowest BCUT2D eigenvalue weighted by molar-refractivity contribution is -0.126. The molecule has 6 heteroatoms. The Labute approximate surface area is 159 Å². The van der Waals surface area contributed by atoms with Crippen molar-refractivity contribution in [3.63, 3.8) is 0 Å². The summed E-state index contributed by atoms with van der Waals surface area (Å²) < 4.78 is 11.0. The molecule has 0 aliphatic heterocycles. The van der Waals surface area contributed by atoms with Crippen LogP contribution in [0.1, 0.15) is 39.0 Å². The first-order valence-electron chi connectivity index (χ1n) is 9.41. The van der Waals surface area contributed by atoms with Crippen LogP contribution in [-0.4, -0.2) is 31.2 Å². The first kappa shape index (κ1) is 19.0. The van der Waals surface area contributed by atoms with Crippen LogP contribution >= 0.6 is 0 Å². The van der Waals surface area contributed by atoms with Crippen LogP contribution in [0.4, 0.5) is 4.79 Å². The number of hydrogen-bond donors (Lipinski definition) is 2. The second-order valence-corrected chi connectivity index (χ2v) is 6.93. The minimum absolute atomic E-state index is 0.151. The van der Waals surface area contributed by atoms with Crippen molar-refractivity contribution in [2.45, 2.75) is 51.2 Å². The average Bonchev–Trinajstić information content (AvgIpc) is 2.68. The Hall–Kier alpha value is -2.76. The van der Waals surface area contributed by atoms with Gasteiger partial charge in [0.2, 0.25) is 0 Å². The van der Waals surface area contributed by atoms with E-state index >= 15 is 0 Å². The molecule has 0 saturated heterocycles. The second kappa shape index (κ2) is 8.75. The van der Waals surface area contributed by atoms with Gasteiger partial charge < -0.3 is 14.8 Å². The van der Waals surface area contributed by atoms with Gasteiger partial charge in [-0.15, -0.1) is 0 Å². The van der Waals surface area contributed by atoms with E-state index in [2.05, 4.69) is 10.6 Å². The number of amides is 3. The van der Waals surface area contributed by atoms with E-state index in [1.54, 1.807) is 20.1 Å². The van der Waals surface area contributed by atoms with Gasteiger partial charge in [-0.25, -0.2) is 4.79 Å². The summed E-state index contributed by atoms with van der Waals surface area (Å²) in [5.41, 5.74) is 0. The number of carbonyl (C=O) groups is 2. The van der Waals surface area contributed by atoms with Crippen LogP contribution in [0.25, 0.3) is 10.8 Å². The van der Waals surface area contributed by atoms with Gasteiger partial charge in [-0.2, -0.15) is 0 Å². The third-order valence-electron chi connectivity index (χ3n) is 4.88. The third kappa shape index (κ3) is 5.12. The molecule has 1 atom stereocenters. The Kier molecular flexibility index (Phi) is 6.16. The number of methoxy groups -OCH3 is 1. The summed E-state index contributed by atoms with van der Waals surface area (Å²) in [6, 6.07) is 11.0. The maximum absolute atomic E-state index is 12.2. The highest BCUT2D eigenvalue weighted by Crippen LogP contribution is 2.25. The predicted octanol–water partition coefficient (Wildman–Crippen LogP) is 3.77. The fraction of sp³-hybridized carbons (Fsp3) is 0.429. The highest BCUT2D eigenvalue weighted by molar-refractivity contribution is 5.96. The van der Waals surface area contributed by atoms with E-state index in [0.29, 0.717) is 5.75 Å². The zero-order chi connectivity index (χ0) is 19.2. The number of fused-ring (bicyclic) bond motifs is 1. The summed E-state index contributed by atoms with van der Waals surface area (Å²) in [5, 5.41) is 7.24. The summed E-state index contributed by atoms with van der Waals surface area (Å²) in [6.07, 6.45) is 4.59. The molecule has 1 fully saturated rings. The van der Waals surface area contributed by atoms with E-state index in [1.807, 2.05) is 30.3 Å². The Morgan fingerprint density at radius 2 is 1.67 bits per heavy atom. The second-order valence-electron chi connectivity index (χ2n) is 6.93. The molecular formula is C21H26N2O4. The van der Waals surface area contributed by atoms with Crippen molar-refractivity contribution >= 4 is 22.7 Å². The summed E-state index contributed by atoms with van der Waals surface area (Å²) in [4.78, 5) is 24.3. The van der Waals surface area contributed by atoms with E-state index in [4.69, 9.17) is 9.47 Å². The minimum atomic E-state index is -0.787. The zero-order valence-corrected chi connectivity index (χ0v) is 15.8. The normalized spacial score (nSPS) is 15.8. The minimum Gasteiger partial charge on any atom is -0.497 e. The molecule has 1 aliphatic rings. The van der Waals surface area contributed by atoms with Crippen LogP contribution in [0, 0.1) is 0 Å². The summed E-state index contributed by atoms with van der Waals surface area (Å²) in [5.74, 6) is 0.852. The van der Waals surface area contributed by atoms with Gasteiger partial charge in [0, 0.05) is 6.04 Å². The number of ether oxygens (including phenoxy) is 2. The first-order chi connectivity index (χ1) is 13.0. The summed E-state index contributed by atoms with van der Waals surface area (Å²) in [6.45, 7) is 1.62. The highest BCUT2D eigenvalue weighted by Gasteiger charge is 2.20. The summed E-state index contributed by atoms with van der Waals surface area (Å²) >= 11 is 0. The van der Waals surface area contributed by atoms with Gasteiger partial charge in [0.15, 0.2) is 6.10 Å². The van der Waals surface area contributed by atoms with Crippen molar-refractivity contribution in [3.05, 3.63) is 36.4 Å². The Morgan fingerprint density at radius 3 is 2.37 bits per heavy atom. The van der Waals surface area contributed by atoms with E-state index in [-0.39, 0.29) is 6.04 Å². The maximum Gasteiger partial charge on any atom is 0.321 e. The predicted molar refractivity (Wildman–Crippen MR) is 104 cm³/mol. The Bertz CT molecular complexity index is 815. The molecule has 0 radical (unpaired) electrons. The van der Waals surface area contributed by atoms with Gasteiger partial charge >= 0.3 is 6.03 Å². The lowest BCUT2D eigenvalue weighted by Gasteiger charge is -2.23. The third-order valence-corrected chi connectivity index (χ3v) is 4.88. The van der Waals surface area contributed by atoms with E-state index in [9.17, 15) is 9.59 Å². The van der Waals surface area contributed by atoms with E-state index < -0.39 is 18.0 Å². The van der Waals surface area contributed by atoms with E-state index in [1.165, 1.54) is 6.42 Å². The molecule has 0 unspecified atom stereocenters. The van der Waals surface area contributed by atoms with Gasteiger partial charge in [0.05, 0.1) is 7.11 Å². The number of carbonyl (C=O) groups excluding carboxylic acids is 2. The molecule has 0 spiro atoms. The van der Waals surface area contributed by atoms with Crippen LogP contribution < -0.4 is 20.1 Å². The van der Waals surface area contributed by atoms with E-state index in [0.717, 1.165) is 42.2 Å². The van der Waals surface area contributed by atoms with Crippen molar-refractivity contribution in [2.75, 3.05) is 7.11 Å². The molecule has 6 nitrogen and oxygen atoms in total. The van der Waals surface area contributed by atoms with Gasteiger partial charge in [-0.05, 0) is 54.8 Å². The molecule has 0 heterocycles. The molecule has 2 aromatic carbocycles. The number of rotatable bonds is 5. The molecule has 2 aromatic rings. The molecule has 1 aliphatic carbocycles. The lowest BCUT2D eigenvalue weighted by Crippen LogP contribution is -2.48. The molecule has 3 amide bonds. The van der Waals surface area contributed by atoms with Gasteiger partial charge in [-0.3, -0.25) is 10.1 Å². The summed E-state index contributed by atoms with van der Waals surface area (Å²) in [7, 11) is 1.62. The van der Waals surface area contributed by atoms with Crippen LogP contribution in [0.2, 0.25) is 0 Å². The largest absolute Gasteiger partial charge is 0.497 e. The van der Waals surface area contributed by atoms with Crippen molar-refractivity contribution in [1.29, 1.82) is 0 Å². The Morgan fingerprint density at radius 1 is 1.00 bits per heavy atom. The molecule has 1 saturated carbocycles. The lowest BCUT2D eigenvalue weighted by atomic mass is 9.96. The number of imide groups is 1. The standard InChI is InChI=1S/C21H26N2O4/c1-14(20(24)23-21(25)22-17-6-4-3-5-7-17)27-19-11-9-15-8-10-18(26-2)12-16(15)13-19/h8-14,17H,3-7H2,1-2H3,(H2,22,23,24,25)/t14-/m0/s1. The Balaban J connectivity index is 1.57. The molecule has 2 N–H and O–H groups in total. The van der Waals surface area contributed by atoms with Crippen LogP contribution in [0.5, 0.6) is 11.5 Å². The van der Waals surface area contributed by atoms with Crippen LogP contribution in [0.3, 0.4) is 0 Å². The SMILES string of the molecule is COc1ccc2ccc(O[C@@H](C)C(=O)NC(=O)NC3CCCCC3)cc2c1. The highest BCUT2D eigenvalue weighted by atomic mass is 16.5. The molecular weight excluding hydrogens is 344 g/mol. The van der Waals surface area contributed by atoms with Gasteiger partial charge in [-0.1, -0.05) is 31.4 Å². The van der Waals surface area contributed by atoms with Crippen molar-refractivity contribution in [1.82, 2.24) is 10.6 Å². The monoisotopic (exact) mass is 370 g/mol. The number of nitrogens with one attached hydrogen (secondary N) is 2. The molecule has 27 heavy (non-hydrogen) atoms. The van der Waals surface area contributed by atoms with Crippen molar-refractivity contribution in [3.8, 4) is 11.5 Å². The molecule has 3 rings (SSSR count). The topological polar surface area (TPSA) is 76.7 Å². The van der Waals surface area contributed by atoms with Gasteiger partial charge in [0.25, 0.3) is 5.91 Å². The van der Waals surface area contributed by atoms with Crippen molar-refractivity contribution in [2.24, 2.45) is 0 Å². The number of benzene rings is 2. The smallest absolute Gasteiger partial charge is 0.321 e. The first-order valence-corrected chi connectivity index (χ1v) is 9.41. The van der Waals surface area contributed by atoms with Crippen LogP contribution in [-0.2, 0) is 4.79 Å². The number of hydrogen-bond acceptors (Lipinski definition) is 4. The molecule has 144 valence electrons. The van der Waals surface area contributed by atoms with Gasteiger partial charge in [0.1, 0.15) is 11.5 Å². The number of urea groups is 1.